The van der Waals surface area contributed by atoms with Gasteiger partial charge in [0.2, 0.25) is 0 Å². The lowest BCUT2D eigenvalue weighted by Gasteiger charge is -2.23. The van der Waals surface area contributed by atoms with Crippen LogP contribution in [0.4, 0.5) is 0 Å². The third-order valence-electron chi connectivity index (χ3n) is 8.15. The molecule has 4 heteroatoms. The van der Waals surface area contributed by atoms with E-state index in [1.54, 1.807) is 0 Å². The van der Waals surface area contributed by atoms with Crippen molar-refractivity contribution in [2.24, 2.45) is 11.8 Å². The van der Waals surface area contributed by atoms with Gasteiger partial charge in [-0.25, -0.2) is 0 Å². The molecule has 2 aromatic rings. The van der Waals surface area contributed by atoms with Gasteiger partial charge in [-0.3, -0.25) is 9.80 Å². The molecule has 0 unspecified atom stereocenters. The molecular weight excluding hydrogens is 392 g/mol. The Hall–Kier alpha value is -1.72. The van der Waals surface area contributed by atoms with Gasteiger partial charge in [0.1, 0.15) is 0 Å². The maximum absolute atomic E-state index is 2.67. The zero-order chi connectivity index (χ0) is 21.9. The number of hydrogen-bond acceptors (Lipinski definition) is 4. The zero-order valence-corrected chi connectivity index (χ0v) is 19.9. The van der Waals surface area contributed by atoms with Gasteiger partial charge in [0, 0.05) is 51.4 Å². The highest BCUT2D eigenvalue weighted by Crippen LogP contribution is 2.32. The second kappa shape index (κ2) is 10.0. The van der Waals surface area contributed by atoms with E-state index in [0.29, 0.717) is 0 Å². The van der Waals surface area contributed by atoms with Gasteiger partial charge in [-0.2, -0.15) is 0 Å². The topological polar surface area (TPSA) is 13.0 Å². The van der Waals surface area contributed by atoms with Crippen LogP contribution < -0.4 is 0 Å². The van der Waals surface area contributed by atoms with Crippen LogP contribution in [0.3, 0.4) is 0 Å². The van der Waals surface area contributed by atoms with E-state index in [0.717, 1.165) is 37.0 Å². The van der Waals surface area contributed by atoms with Crippen molar-refractivity contribution in [1.82, 2.24) is 19.6 Å². The Kier molecular flexibility index (Phi) is 6.94. The van der Waals surface area contributed by atoms with Gasteiger partial charge in [0.05, 0.1) is 0 Å². The number of rotatable bonds is 4. The van der Waals surface area contributed by atoms with E-state index in [2.05, 4.69) is 94.4 Å². The fourth-order valence-corrected chi connectivity index (χ4v) is 6.55. The van der Waals surface area contributed by atoms with Crippen LogP contribution in [0.1, 0.15) is 24.0 Å². The van der Waals surface area contributed by atoms with E-state index in [9.17, 15) is 0 Å². The molecule has 0 aromatic heterocycles. The fourth-order valence-electron chi connectivity index (χ4n) is 6.55. The molecule has 4 saturated heterocycles. The molecule has 172 valence electrons. The molecule has 0 saturated carbocycles. The first-order valence-corrected chi connectivity index (χ1v) is 12.6. The number of hydrogen-bond donors (Lipinski definition) is 0. The van der Waals surface area contributed by atoms with Crippen molar-refractivity contribution in [2.45, 2.75) is 38.0 Å². The number of likely N-dealkylation sites (N-methyl/N-ethyl adjacent to an activating group) is 2. The number of benzene rings is 2. The van der Waals surface area contributed by atoms with E-state index in [1.807, 2.05) is 0 Å². The lowest BCUT2D eigenvalue weighted by atomic mass is 10.0. The lowest BCUT2D eigenvalue weighted by molar-refractivity contribution is 0.228. The molecule has 6 rings (SSSR count). The van der Waals surface area contributed by atoms with Gasteiger partial charge in [-0.05, 0) is 63.0 Å². The molecule has 4 nitrogen and oxygen atoms in total. The molecule has 0 aliphatic carbocycles. The molecule has 0 spiro atoms. The monoisotopic (exact) mass is 432 g/mol. The molecule has 0 radical (unpaired) electrons. The smallest absolute Gasteiger partial charge is 0.0267 e. The maximum Gasteiger partial charge on any atom is 0.0267 e. The fraction of sp³-hybridized carbons (Fsp3) is 0.571. The first-order valence-electron chi connectivity index (χ1n) is 12.6. The average molecular weight is 433 g/mol. The highest BCUT2D eigenvalue weighted by atomic mass is 15.3. The normalized spacial score (nSPS) is 30.8. The van der Waals surface area contributed by atoms with Crippen LogP contribution in [0.5, 0.6) is 0 Å². The summed E-state index contributed by atoms with van der Waals surface area (Å²) >= 11 is 0. The van der Waals surface area contributed by atoms with Crippen LogP contribution in [0, 0.1) is 11.8 Å². The minimum atomic E-state index is 0.810. The van der Waals surface area contributed by atoms with Crippen LogP contribution in [0.15, 0.2) is 60.7 Å². The molecule has 4 aliphatic rings. The summed E-state index contributed by atoms with van der Waals surface area (Å²) < 4.78 is 0. The summed E-state index contributed by atoms with van der Waals surface area (Å²) in [5.41, 5.74) is 2.91. The largest absolute Gasteiger partial charge is 0.304 e. The van der Waals surface area contributed by atoms with Crippen molar-refractivity contribution >= 4 is 0 Å². The van der Waals surface area contributed by atoms with Crippen LogP contribution >= 0.6 is 0 Å². The first kappa shape index (κ1) is 22.1. The SMILES string of the molecule is CN1C[C@@H]2CCN(Cc3ccccc3)[C@@H]2C1.CN1C[C@H]2CCN(Cc3ccccc3)[C@H]2C1. The highest BCUT2D eigenvalue weighted by Gasteiger charge is 2.40. The zero-order valence-electron chi connectivity index (χ0n) is 19.9. The Bertz CT molecular complexity index is 770. The highest BCUT2D eigenvalue weighted by molar-refractivity contribution is 5.16. The third kappa shape index (κ3) is 5.09. The Morgan fingerprint density at radius 2 is 1.00 bits per heavy atom. The summed E-state index contributed by atoms with van der Waals surface area (Å²) in [6, 6.07) is 23.4. The van der Waals surface area contributed by atoms with E-state index < -0.39 is 0 Å². The van der Waals surface area contributed by atoms with E-state index >= 15 is 0 Å². The quantitative estimate of drug-likeness (QED) is 0.731. The Labute approximate surface area is 194 Å². The molecule has 2 aromatic carbocycles. The Balaban J connectivity index is 0.000000135. The molecule has 32 heavy (non-hydrogen) atoms. The number of likely N-dealkylation sites (tertiary alicyclic amines) is 4. The second-order valence-electron chi connectivity index (χ2n) is 10.6. The van der Waals surface area contributed by atoms with Crippen LogP contribution in [-0.2, 0) is 13.1 Å². The van der Waals surface area contributed by atoms with Crippen molar-refractivity contribution in [3.63, 3.8) is 0 Å². The van der Waals surface area contributed by atoms with Gasteiger partial charge in [-0.1, -0.05) is 60.7 Å². The van der Waals surface area contributed by atoms with Gasteiger partial charge < -0.3 is 9.80 Å². The number of nitrogens with zero attached hydrogens (tertiary/aromatic N) is 4. The Morgan fingerprint density at radius 3 is 1.41 bits per heavy atom. The maximum atomic E-state index is 2.67. The van der Waals surface area contributed by atoms with Crippen molar-refractivity contribution in [3.8, 4) is 0 Å². The molecule has 0 amide bonds. The molecule has 4 aliphatic heterocycles. The summed E-state index contributed by atoms with van der Waals surface area (Å²) in [4.78, 5) is 10.3. The Morgan fingerprint density at radius 1 is 0.594 bits per heavy atom. The summed E-state index contributed by atoms with van der Waals surface area (Å²) in [5.74, 6) is 1.85. The predicted molar refractivity (Wildman–Crippen MR) is 132 cm³/mol. The van der Waals surface area contributed by atoms with Gasteiger partial charge >= 0.3 is 0 Å². The third-order valence-corrected chi connectivity index (χ3v) is 8.15. The molecule has 4 fully saturated rings. The van der Waals surface area contributed by atoms with Crippen molar-refractivity contribution < 1.29 is 0 Å². The molecular formula is C28H40N4. The van der Waals surface area contributed by atoms with Crippen LogP contribution in [0.2, 0.25) is 0 Å². The van der Waals surface area contributed by atoms with Gasteiger partial charge in [0.15, 0.2) is 0 Å². The summed E-state index contributed by atoms with van der Waals surface area (Å²) in [6.07, 6.45) is 2.78. The lowest BCUT2D eigenvalue weighted by Crippen LogP contribution is -2.33. The summed E-state index contributed by atoms with van der Waals surface area (Å²) in [7, 11) is 4.50. The van der Waals surface area contributed by atoms with E-state index in [1.165, 1.54) is 63.2 Å². The summed E-state index contributed by atoms with van der Waals surface area (Å²) in [5, 5.41) is 0. The van der Waals surface area contributed by atoms with Crippen LogP contribution in [-0.4, -0.2) is 85.0 Å². The van der Waals surface area contributed by atoms with Gasteiger partial charge in [-0.15, -0.1) is 0 Å². The van der Waals surface area contributed by atoms with Crippen molar-refractivity contribution in [1.29, 1.82) is 0 Å². The van der Waals surface area contributed by atoms with E-state index in [4.69, 9.17) is 0 Å². The second-order valence-corrected chi connectivity index (χ2v) is 10.6. The van der Waals surface area contributed by atoms with Crippen molar-refractivity contribution in [3.05, 3.63) is 71.8 Å². The van der Waals surface area contributed by atoms with Crippen molar-refractivity contribution in [2.75, 3.05) is 53.4 Å². The minimum Gasteiger partial charge on any atom is -0.304 e. The standard InChI is InChI=1S/2C14H20N2/c2*1-15-10-13-7-8-16(14(13)11-15)9-12-5-3-2-4-6-12/h2*2-6,13-14H,7-11H2,1H3/t2*13-,14+/m10/s1. The molecule has 4 atom stereocenters. The van der Waals surface area contributed by atoms with Gasteiger partial charge in [0.25, 0.3) is 0 Å². The van der Waals surface area contributed by atoms with E-state index in [-0.39, 0.29) is 0 Å². The average Bonchev–Trinajstić information content (AvgIpc) is 3.54. The molecule has 4 heterocycles. The predicted octanol–water partition coefficient (Wildman–Crippen LogP) is 3.65. The number of fused-ring (bicyclic) bond motifs is 2. The minimum absolute atomic E-state index is 0.810. The first-order chi connectivity index (χ1) is 15.7. The molecule has 0 N–H and O–H groups in total. The molecule has 0 bridgehead atoms. The summed E-state index contributed by atoms with van der Waals surface area (Å²) in [6.45, 7) is 9.97. The van der Waals surface area contributed by atoms with Crippen LogP contribution in [0.25, 0.3) is 0 Å².